The number of benzene rings is 1. The molecule has 4 heteroatoms. The summed E-state index contributed by atoms with van der Waals surface area (Å²) in [6, 6.07) is 4.69. The van der Waals surface area contributed by atoms with E-state index in [0.717, 1.165) is 18.1 Å². The first kappa shape index (κ1) is 13.3. The Labute approximate surface area is 107 Å². The minimum Gasteiger partial charge on any atom is -0.508 e. The maximum Gasteiger partial charge on any atom is 0.127 e. The van der Waals surface area contributed by atoms with Gasteiger partial charge in [-0.25, -0.2) is 4.39 Å². The van der Waals surface area contributed by atoms with Crippen LogP contribution in [0.2, 0.25) is 0 Å². The van der Waals surface area contributed by atoms with E-state index >= 15 is 0 Å². The largest absolute Gasteiger partial charge is 0.508 e. The lowest BCUT2D eigenvalue weighted by atomic mass is 10.0. The highest BCUT2D eigenvalue weighted by Crippen LogP contribution is 2.29. The lowest BCUT2D eigenvalue weighted by Gasteiger charge is -2.29. The summed E-state index contributed by atoms with van der Waals surface area (Å²) in [6.45, 7) is 1.36. The smallest absolute Gasteiger partial charge is 0.127 e. The van der Waals surface area contributed by atoms with Crippen molar-refractivity contribution < 1.29 is 9.50 Å². The third kappa shape index (κ3) is 3.00. The first-order valence-electron chi connectivity index (χ1n) is 6.49. The summed E-state index contributed by atoms with van der Waals surface area (Å²) in [5.41, 5.74) is 6.58. The summed E-state index contributed by atoms with van der Waals surface area (Å²) in [7, 11) is 2.04. The number of hydrogen-bond donors (Lipinski definition) is 2. The van der Waals surface area contributed by atoms with E-state index in [4.69, 9.17) is 5.73 Å². The van der Waals surface area contributed by atoms with Crippen LogP contribution in [0, 0.1) is 11.7 Å². The van der Waals surface area contributed by atoms with E-state index in [0.29, 0.717) is 25.0 Å². The van der Waals surface area contributed by atoms with Crippen molar-refractivity contribution in [1.29, 1.82) is 0 Å². The first-order valence-corrected chi connectivity index (χ1v) is 6.49. The summed E-state index contributed by atoms with van der Waals surface area (Å²) < 4.78 is 13.2. The molecule has 3 nitrogen and oxygen atoms in total. The number of halogens is 1. The van der Waals surface area contributed by atoms with Gasteiger partial charge in [0.2, 0.25) is 0 Å². The SMILES string of the molecule is CN(Cc1cc(O)cc(F)c1)C1CCCC1CN. The summed E-state index contributed by atoms with van der Waals surface area (Å²) in [5, 5.41) is 9.39. The summed E-state index contributed by atoms with van der Waals surface area (Å²) in [5.74, 6) is 0.137. The number of aromatic hydroxyl groups is 1. The van der Waals surface area contributed by atoms with E-state index in [-0.39, 0.29) is 11.6 Å². The van der Waals surface area contributed by atoms with Crippen LogP contribution in [0.1, 0.15) is 24.8 Å². The number of nitrogens with zero attached hydrogens (tertiary/aromatic N) is 1. The monoisotopic (exact) mass is 252 g/mol. The van der Waals surface area contributed by atoms with Gasteiger partial charge in [-0.2, -0.15) is 0 Å². The zero-order valence-corrected chi connectivity index (χ0v) is 10.8. The van der Waals surface area contributed by atoms with E-state index in [1.807, 2.05) is 7.05 Å². The minimum absolute atomic E-state index is 0.0137. The van der Waals surface area contributed by atoms with Crippen LogP contribution in [0.25, 0.3) is 0 Å². The summed E-state index contributed by atoms with van der Waals surface area (Å²) in [6.07, 6.45) is 3.55. The predicted octanol–water partition coefficient (Wildman–Crippen LogP) is 2.09. The molecule has 0 spiro atoms. The fourth-order valence-electron chi connectivity index (χ4n) is 3.00. The molecule has 1 aliphatic rings. The standard InChI is InChI=1S/C14H21FN2O/c1-17(14-4-2-3-11(14)8-16)9-10-5-12(15)7-13(18)6-10/h5-7,11,14,18H,2-4,8-9,16H2,1H3. The fraction of sp³-hybridized carbons (Fsp3) is 0.571. The third-order valence-corrected chi connectivity index (χ3v) is 3.86. The molecule has 0 radical (unpaired) electrons. The molecule has 0 aliphatic heterocycles. The minimum atomic E-state index is -0.389. The molecule has 3 N–H and O–H groups in total. The van der Waals surface area contributed by atoms with Crippen molar-refractivity contribution in [2.75, 3.05) is 13.6 Å². The second-order valence-corrected chi connectivity index (χ2v) is 5.23. The first-order chi connectivity index (χ1) is 8.60. The van der Waals surface area contributed by atoms with Crippen molar-refractivity contribution in [3.8, 4) is 5.75 Å². The van der Waals surface area contributed by atoms with Crippen LogP contribution in [0.3, 0.4) is 0 Å². The Bertz CT molecular complexity index is 391. The van der Waals surface area contributed by atoms with E-state index in [1.165, 1.54) is 18.9 Å². The van der Waals surface area contributed by atoms with Gasteiger partial charge >= 0.3 is 0 Å². The Morgan fingerprint density at radius 1 is 1.39 bits per heavy atom. The molecule has 1 aromatic carbocycles. The zero-order valence-electron chi connectivity index (χ0n) is 10.8. The lowest BCUT2D eigenvalue weighted by molar-refractivity contribution is 0.192. The van der Waals surface area contributed by atoms with Crippen LogP contribution in [0.4, 0.5) is 4.39 Å². The molecule has 0 aromatic heterocycles. The average Bonchev–Trinajstić information content (AvgIpc) is 2.75. The van der Waals surface area contributed by atoms with E-state index < -0.39 is 0 Å². The van der Waals surface area contributed by atoms with Crippen LogP contribution in [0.15, 0.2) is 18.2 Å². The summed E-state index contributed by atoms with van der Waals surface area (Å²) >= 11 is 0. The summed E-state index contributed by atoms with van der Waals surface area (Å²) in [4.78, 5) is 2.22. The number of hydrogen-bond acceptors (Lipinski definition) is 3. The molecule has 0 saturated heterocycles. The van der Waals surface area contributed by atoms with Gasteiger partial charge in [0.1, 0.15) is 11.6 Å². The molecule has 1 fully saturated rings. The van der Waals surface area contributed by atoms with E-state index in [1.54, 1.807) is 6.07 Å². The molecule has 2 unspecified atom stereocenters. The van der Waals surface area contributed by atoms with Crippen LogP contribution in [-0.4, -0.2) is 29.6 Å². The Hall–Kier alpha value is -1.13. The quantitative estimate of drug-likeness (QED) is 0.862. The normalized spacial score (nSPS) is 23.8. The molecule has 0 heterocycles. The van der Waals surface area contributed by atoms with Crippen molar-refractivity contribution in [2.24, 2.45) is 11.7 Å². The number of rotatable bonds is 4. The van der Waals surface area contributed by atoms with Gasteiger partial charge in [-0.3, -0.25) is 4.90 Å². The third-order valence-electron chi connectivity index (χ3n) is 3.86. The zero-order chi connectivity index (χ0) is 13.1. The number of nitrogens with two attached hydrogens (primary N) is 1. The van der Waals surface area contributed by atoms with Gasteiger partial charge in [0, 0.05) is 18.7 Å². The van der Waals surface area contributed by atoms with Crippen molar-refractivity contribution in [3.63, 3.8) is 0 Å². The van der Waals surface area contributed by atoms with Crippen LogP contribution >= 0.6 is 0 Å². The van der Waals surface area contributed by atoms with Crippen LogP contribution < -0.4 is 5.73 Å². The molecular formula is C14H21FN2O. The Kier molecular flexibility index (Phi) is 4.19. The Balaban J connectivity index is 2.04. The average molecular weight is 252 g/mol. The molecular weight excluding hydrogens is 231 g/mol. The molecule has 18 heavy (non-hydrogen) atoms. The van der Waals surface area contributed by atoms with Crippen molar-refractivity contribution >= 4 is 0 Å². The van der Waals surface area contributed by atoms with Gasteiger partial charge in [-0.05, 0) is 50.0 Å². The molecule has 100 valence electrons. The highest BCUT2D eigenvalue weighted by atomic mass is 19.1. The van der Waals surface area contributed by atoms with Gasteiger partial charge in [0.15, 0.2) is 0 Å². The van der Waals surface area contributed by atoms with Gasteiger partial charge in [-0.15, -0.1) is 0 Å². The lowest BCUT2D eigenvalue weighted by Crippen LogP contribution is -2.37. The van der Waals surface area contributed by atoms with E-state index in [2.05, 4.69) is 4.90 Å². The van der Waals surface area contributed by atoms with E-state index in [9.17, 15) is 9.50 Å². The van der Waals surface area contributed by atoms with Gasteiger partial charge in [0.25, 0.3) is 0 Å². The molecule has 1 aromatic rings. The maximum atomic E-state index is 13.2. The highest BCUT2D eigenvalue weighted by molar-refractivity contribution is 5.28. The second kappa shape index (κ2) is 5.67. The molecule has 1 aliphatic carbocycles. The molecule has 0 amide bonds. The number of phenolic OH excluding ortho intramolecular Hbond substituents is 1. The van der Waals surface area contributed by atoms with Crippen molar-refractivity contribution in [3.05, 3.63) is 29.6 Å². The fourth-order valence-corrected chi connectivity index (χ4v) is 3.00. The van der Waals surface area contributed by atoms with Crippen LogP contribution in [0.5, 0.6) is 5.75 Å². The molecule has 1 saturated carbocycles. The van der Waals surface area contributed by atoms with Gasteiger partial charge in [0.05, 0.1) is 0 Å². The highest BCUT2D eigenvalue weighted by Gasteiger charge is 2.29. The van der Waals surface area contributed by atoms with Gasteiger partial charge < -0.3 is 10.8 Å². The maximum absolute atomic E-state index is 13.2. The topological polar surface area (TPSA) is 49.5 Å². The molecule has 0 bridgehead atoms. The number of phenols is 1. The molecule has 2 rings (SSSR count). The molecule has 2 atom stereocenters. The van der Waals surface area contributed by atoms with Crippen LogP contribution in [-0.2, 0) is 6.54 Å². The predicted molar refractivity (Wildman–Crippen MR) is 69.7 cm³/mol. The van der Waals surface area contributed by atoms with Gasteiger partial charge in [-0.1, -0.05) is 6.42 Å². The Morgan fingerprint density at radius 2 is 2.17 bits per heavy atom. The Morgan fingerprint density at radius 3 is 2.83 bits per heavy atom. The second-order valence-electron chi connectivity index (χ2n) is 5.23. The van der Waals surface area contributed by atoms with Crippen molar-refractivity contribution in [1.82, 2.24) is 4.90 Å². The van der Waals surface area contributed by atoms with Crippen molar-refractivity contribution in [2.45, 2.75) is 31.8 Å².